The smallest absolute Gasteiger partial charge is 0.549 e. The fourth-order valence-electron chi connectivity index (χ4n) is 1.43. The molecule has 0 radical (unpaired) electrons. The Morgan fingerprint density at radius 3 is 0.552 bits per heavy atom. The number of hydrogen-bond acceptors (Lipinski definition) is 14. The van der Waals surface area contributed by atoms with Crippen molar-refractivity contribution in [1.82, 2.24) is 9.80 Å². The normalized spacial score (nSPS) is 8.90. The van der Waals surface area contributed by atoms with Gasteiger partial charge in [0.1, 0.15) is 0 Å². The zero-order valence-electron chi connectivity index (χ0n) is 15.2. The molecule has 0 fully saturated rings. The van der Waals surface area contributed by atoms with Gasteiger partial charge < -0.3 is 59.4 Å². The van der Waals surface area contributed by atoms with Crippen molar-refractivity contribution >= 4 is 35.8 Å². The number of rotatable bonds is 12. The Hall–Kier alpha value is -0.494. The Morgan fingerprint density at radius 1 is 0.379 bits per heavy atom. The molecule has 0 aliphatic carbocycles. The van der Waals surface area contributed by atoms with Crippen molar-refractivity contribution in [3.8, 4) is 0 Å². The molecule has 0 aromatic rings. The fraction of sp³-hybridized carbons (Fsp3) is 0.500. The van der Waals surface area contributed by atoms with Crippen LogP contribution in [0.3, 0.4) is 0 Å². The summed E-state index contributed by atoms with van der Waals surface area (Å²) >= 11 is 0. The summed E-state index contributed by atoms with van der Waals surface area (Å²) in [7, 11) is 0. The molecule has 0 heterocycles. The first-order chi connectivity index (χ1) is 11.8. The predicted molar refractivity (Wildman–Crippen MR) is 62.9 cm³/mol. The van der Waals surface area contributed by atoms with Crippen LogP contribution in [0.15, 0.2) is 0 Å². The average molecular weight is 713 g/mol. The maximum atomic E-state index is 9.99. The molecule has 17 heteroatoms. The molecular formula is C12H12Cd3N2O12. The number of nitrogens with zero attached hydrogens (tertiary/aromatic N) is 2. The molecule has 0 aromatic heterocycles. The van der Waals surface area contributed by atoms with Crippen LogP contribution in [-0.2, 0) is 111 Å². The third kappa shape index (κ3) is 32.4. The summed E-state index contributed by atoms with van der Waals surface area (Å²) in [6.07, 6.45) is 0. The molecule has 0 saturated heterocycles. The van der Waals surface area contributed by atoms with E-state index in [1.165, 1.54) is 0 Å². The largest absolute Gasteiger partial charge is 2.00 e. The summed E-state index contributed by atoms with van der Waals surface area (Å²) in [6.45, 7) is -4.74. The predicted octanol–water partition coefficient (Wildman–Crippen LogP) is -10.9. The monoisotopic (exact) mass is 718 g/mol. The Morgan fingerprint density at radius 2 is 0.483 bits per heavy atom. The SMILES string of the molecule is O=C([O-])CN(CC(=O)[O-])CC(=O)[O-].O=C([O-])CN(CC(=O)[O-])CC(=O)[O-].[Cd+2].[Cd+2].[Cd+2]. The van der Waals surface area contributed by atoms with Gasteiger partial charge in [-0.15, -0.1) is 0 Å². The number of carboxylic acid groups (broad SMARTS) is 6. The van der Waals surface area contributed by atoms with Gasteiger partial charge in [-0.3, -0.25) is 9.80 Å². The van der Waals surface area contributed by atoms with Gasteiger partial charge in [0.15, 0.2) is 0 Å². The van der Waals surface area contributed by atoms with Crippen LogP contribution < -0.4 is 30.6 Å². The van der Waals surface area contributed by atoms with Crippen molar-refractivity contribution in [3.63, 3.8) is 0 Å². The molecule has 0 spiro atoms. The third-order valence-corrected chi connectivity index (χ3v) is 2.12. The standard InChI is InChI=1S/2C6H9NO6.3Cd/c2*8-4(9)1-7(2-5(10)11)3-6(12)13;;;/h2*1-3H2,(H,8,9)(H,10,11)(H,12,13);;;/q;;3*+2/p-6. The quantitative estimate of drug-likeness (QED) is 0.171. The summed E-state index contributed by atoms with van der Waals surface area (Å²) in [6, 6.07) is 0. The van der Waals surface area contributed by atoms with Crippen LogP contribution in [0.4, 0.5) is 0 Å². The molecule has 0 N–H and O–H groups in total. The van der Waals surface area contributed by atoms with E-state index >= 15 is 0 Å². The number of carbonyl (C=O) groups excluding carboxylic acids is 6. The Balaban J connectivity index is -0.000000120. The summed E-state index contributed by atoms with van der Waals surface area (Å²) in [5.41, 5.74) is 0. The molecule has 0 rings (SSSR count). The van der Waals surface area contributed by atoms with E-state index in [0.717, 1.165) is 0 Å². The van der Waals surface area contributed by atoms with E-state index in [4.69, 9.17) is 0 Å². The molecule has 14 nitrogen and oxygen atoms in total. The maximum Gasteiger partial charge on any atom is 2.00 e. The minimum Gasteiger partial charge on any atom is -0.549 e. The van der Waals surface area contributed by atoms with E-state index < -0.39 is 75.1 Å². The van der Waals surface area contributed by atoms with Gasteiger partial charge in [-0.2, -0.15) is 0 Å². The first-order valence-electron chi connectivity index (χ1n) is 6.47. The first kappa shape index (κ1) is 39.0. The van der Waals surface area contributed by atoms with E-state index in [9.17, 15) is 59.4 Å². The molecule has 148 valence electrons. The average Bonchev–Trinajstić information content (AvgIpc) is 2.33. The topological polar surface area (TPSA) is 247 Å². The van der Waals surface area contributed by atoms with Gasteiger partial charge in [0.05, 0.1) is 35.8 Å². The molecule has 0 atom stereocenters. The molecular weight excluding hydrogens is 701 g/mol. The van der Waals surface area contributed by atoms with Gasteiger partial charge in [0, 0.05) is 39.3 Å². The minimum atomic E-state index is -1.57. The summed E-state index contributed by atoms with van der Waals surface area (Å²) in [4.78, 5) is 61.2. The second-order valence-electron chi connectivity index (χ2n) is 4.52. The zero-order valence-corrected chi connectivity index (χ0v) is 27.3. The van der Waals surface area contributed by atoms with Crippen LogP contribution in [0.5, 0.6) is 0 Å². The molecule has 0 saturated carbocycles. The van der Waals surface area contributed by atoms with Gasteiger partial charge in [-0.05, 0) is 0 Å². The Bertz CT molecular complexity index is 436. The van der Waals surface area contributed by atoms with Gasteiger partial charge in [0.25, 0.3) is 0 Å². The van der Waals surface area contributed by atoms with Crippen LogP contribution in [0.25, 0.3) is 0 Å². The van der Waals surface area contributed by atoms with Crippen molar-refractivity contribution in [1.29, 1.82) is 0 Å². The van der Waals surface area contributed by atoms with Gasteiger partial charge in [-0.25, -0.2) is 0 Å². The van der Waals surface area contributed by atoms with Crippen LogP contribution in [0.1, 0.15) is 0 Å². The molecule has 0 bridgehead atoms. The summed E-state index contributed by atoms with van der Waals surface area (Å²) in [5, 5.41) is 60.0. The van der Waals surface area contributed by atoms with E-state index in [0.29, 0.717) is 9.80 Å². The zero-order chi connectivity index (χ0) is 20.9. The number of aliphatic carboxylic acids is 6. The molecule has 0 unspecified atom stereocenters. The molecule has 0 aliphatic rings. The first-order valence-corrected chi connectivity index (χ1v) is 6.47. The third-order valence-electron chi connectivity index (χ3n) is 2.12. The summed E-state index contributed by atoms with van der Waals surface area (Å²) < 4.78 is 0. The minimum absolute atomic E-state index is 0. The van der Waals surface area contributed by atoms with Crippen molar-refractivity contribution in [2.24, 2.45) is 0 Å². The Labute approximate surface area is 224 Å². The molecule has 0 amide bonds. The fourth-order valence-corrected chi connectivity index (χ4v) is 1.43. The number of hydrogen-bond donors (Lipinski definition) is 0. The van der Waals surface area contributed by atoms with Crippen LogP contribution in [-0.4, -0.2) is 84.9 Å². The maximum absolute atomic E-state index is 9.99. The van der Waals surface area contributed by atoms with Crippen molar-refractivity contribution in [2.75, 3.05) is 39.3 Å². The van der Waals surface area contributed by atoms with Gasteiger partial charge in [-0.1, -0.05) is 0 Å². The van der Waals surface area contributed by atoms with E-state index in [1.54, 1.807) is 0 Å². The van der Waals surface area contributed by atoms with E-state index in [-0.39, 0.29) is 81.9 Å². The molecule has 0 aliphatic heterocycles. The Kier molecular flexibility index (Phi) is 29.9. The second-order valence-corrected chi connectivity index (χ2v) is 4.52. The van der Waals surface area contributed by atoms with Crippen LogP contribution in [0, 0.1) is 0 Å². The van der Waals surface area contributed by atoms with Crippen LogP contribution in [0.2, 0.25) is 0 Å². The van der Waals surface area contributed by atoms with Gasteiger partial charge in [0.2, 0.25) is 0 Å². The van der Waals surface area contributed by atoms with E-state index in [2.05, 4.69) is 0 Å². The van der Waals surface area contributed by atoms with Crippen molar-refractivity contribution in [2.45, 2.75) is 0 Å². The van der Waals surface area contributed by atoms with Gasteiger partial charge >= 0.3 is 81.9 Å². The summed E-state index contributed by atoms with van der Waals surface area (Å²) in [5.74, 6) is -9.40. The van der Waals surface area contributed by atoms with Crippen LogP contribution >= 0.6 is 0 Å². The number of carbonyl (C=O) groups is 6. The second kappa shape index (κ2) is 22.2. The molecule has 0 aromatic carbocycles. The van der Waals surface area contributed by atoms with Crippen molar-refractivity contribution in [3.05, 3.63) is 0 Å². The van der Waals surface area contributed by atoms with E-state index in [1.807, 2.05) is 0 Å². The molecule has 29 heavy (non-hydrogen) atoms. The van der Waals surface area contributed by atoms with Crippen molar-refractivity contribution < 1.29 is 141 Å². The number of carboxylic acids is 6.